The molecule has 27 heavy (non-hydrogen) atoms. The van der Waals surface area contributed by atoms with Crippen LogP contribution in [-0.2, 0) is 17.7 Å². The summed E-state index contributed by atoms with van der Waals surface area (Å²) >= 11 is 0. The molecule has 1 fully saturated rings. The third-order valence-corrected chi connectivity index (χ3v) is 5.32. The van der Waals surface area contributed by atoms with Gasteiger partial charge in [-0.25, -0.2) is 0 Å². The zero-order valence-electron chi connectivity index (χ0n) is 16.7. The quantitative estimate of drug-likeness (QED) is 0.816. The molecule has 5 heteroatoms. The molecule has 0 spiro atoms. The van der Waals surface area contributed by atoms with Crippen molar-refractivity contribution < 1.29 is 9.53 Å². The van der Waals surface area contributed by atoms with E-state index in [2.05, 4.69) is 40.8 Å². The number of benzene rings is 1. The summed E-state index contributed by atoms with van der Waals surface area (Å²) in [5.74, 6) is 0.0177. The maximum Gasteiger partial charge on any atom is 0.253 e. The topological polar surface area (TPSA) is 46.5 Å². The molecular weight excluding hydrogens is 338 g/mol. The summed E-state index contributed by atoms with van der Waals surface area (Å²) in [4.78, 5) is 15.2. The first kappa shape index (κ1) is 19.6. The summed E-state index contributed by atoms with van der Waals surface area (Å²) in [6.45, 7) is 11.7. The number of carbonyl (C=O) groups is 1. The molecule has 5 nitrogen and oxygen atoms in total. The van der Waals surface area contributed by atoms with Crippen molar-refractivity contribution in [3.8, 4) is 0 Å². The minimum atomic E-state index is 0.0177. The van der Waals surface area contributed by atoms with E-state index in [9.17, 15) is 4.79 Å². The Morgan fingerprint density at radius 3 is 2.56 bits per heavy atom. The molecule has 1 atom stereocenters. The number of amides is 1. The largest absolute Gasteiger partial charge is 0.379 e. The average Bonchev–Trinajstić information content (AvgIpc) is 2.95. The van der Waals surface area contributed by atoms with Gasteiger partial charge in [0.05, 0.1) is 18.8 Å². The second-order valence-corrected chi connectivity index (χ2v) is 7.45. The molecule has 1 N–H and O–H groups in total. The number of aromatic nitrogens is 1. The second-order valence-electron chi connectivity index (χ2n) is 7.45. The fraction of sp³-hybridized carbons (Fsp3) is 0.500. The number of nitrogens with zero attached hydrogens (tertiary/aromatic N) is 2. The predicted molar refractivity (Wildman–Crippen MR) is 108 cm³/mol. The first-order valence-electron chi connectivity index (χ1n) is 9.86. The minimum absolute atomic E-state index is 0.0177. The van der Waals surface area contributed by atoms with Gasteiger partial charge < -0.3 is 14.6 Å². The van der Waals surface area contributed by atoms with Gasteiger partial charge >= 0.3 is 0 Å². The van der Waals surface area contributed by atoms with E-state index >= 15 is 0 Å². The van der Waals surface area contributed by atoms with Gasteiger partial charge in [-0.15, -0.1) is 0 Å². The minimum Gasteiger partial charge on any atom is -0.379 e. The van der Waals surface area contributed by atoms with Crippen molar-refractivity contribution in [2.75, 3.05) is 32.8 Å². The normalized spacial score (nSPS) is 16.3. The number of ether oxygens (including phenoxy) is 1. The van der Waals surface area contributed by atoms with Crippen LogP contribution in [-0.4, -0.2) is 54.3 Å². The first-order chi connectivity index (χ1) is 13.0. The van der Waals surface area contributed by atoms with Gasteiger partial charge in [0.2, 0.25) is 0 Å². The van der Waals surface area contributed by atoms with Gasteiger partial charge in [0, 0.05) is 43.6 Å². The maximum absolute atomic E-state index is 12.8. The van der Waals surface area contributed by atoms with Crippen LogP contribution in [0, 0.1) is 13.8 Å². The highest BCUT2D eigenvalue weighted by atomic mass is 16.5. The Kier molecular flexibility index (Phi) is 6.69. The molecule has 2 heterocycles. The van der Waals surface area contributed by atoms with Crippen LogP contribution >= 0.6 is 0 Å². The van der Waals surface area contributed by atoms with E-state index in [0.29, 0.717) is 0 Å². The number of carbonyl (C=O) groups excluding carboxylic acids is 1. The van der Waals surface area contributed by atoms with Crippen molar-refractivity contribution in [3.05, 3.63) is 58.9 Å². The van der Waals surface area contributed by atoms with Crippen LogP contribution in [0.4, 0.5) is 0 Å². The van der Waals surface area contributed by atoms with Crippen molar-refractivity contribution >= 4 is 5.91 Å². The third kappa shape index (κ3) is 5.21. The lowest BCUT2D eigenvalue weighted by Crippen LogP contribution is -2.38. The van der Waals surface area contributed by atoms with Gasteiger partial charge in [0.1, 0.15) is 0 Å². The van der Waals surface area contributed by atoms with Crippen LogP contribution in [0.15, 0.2) is 36.4 Å². The first-order valence-corrected chi connectivity index (χ1v) is 9.86. The Hall–Kier alpha value is -2.11. The van der Waals surface area contributed by atoms with Gasteiger partial charge in [0.25, 0.3) is 5.91 Å². The smallest absolute Gasteiger partial charge is 0.253 e. The van der Waals surface area contributed by atoms with Gasteiger partial charge in [-0.05, 0) is 38.8 Å². The number of hydrogen-bond acceptors (Lipinski definition) is 3. The summed E-state index contributed by atoms with van der Waals surface area (Å²) in [5.41, 5.74) is 4.21. The zero-order chi connectivity index (χ0) is 19.2. The lowest BCUT2D eigenvalue weighted by molar-refractivity contribution is 0.0363. The Labute approximate surface area is 162 Å². The van der Waals surface area contributed by atoms with Gasteiger partial charge in [-0.1, -0.05) is 30.3 Å². The summed E-state index contributed by atoms with van der Waals surface area (Å²) in [6, 6.07) is 12.4. The molecule has 1 aromatic heterocycles. The lowest BCUT2D eigenvalue weighted by Gasteiger charge is -2.27. The Morgan fingerprint density at radius 2 is 1.85 bits per heavy atom. The maximum atomic E-state index is 12.8. The molecule has 146 valence electrons. The Balaban J connectivity index is 1.59. The molecule has 0 saturated carbocycles. The number of nitrogens with one attached hydrogen (secondary N) is 1. The Bertz CT molecular complexity index is 748. The summed E-state index contributed by atoms with van der Waals surface area (Å²) in [6.07, 6.45) is 0.836. The van der Waals surface area contributed by atoms with Crippen LogP contribution in [0.5, 0.6) is 0 Å². The molecule has 2 aromatic rings. The number of rotatable bonds is 7. The van der Waals surface area contributed by atoms with E-state index < -0.39 is 0 Å². The molecule has 0 aliphatic carbocycles. The van der Waals surface area contributed by atoms with E-state index in [1.165, 1.54) is 5.56 Å². The van der Waals surface area contributed by atoms with Crippen molar-refractivity contribution in [1.82, 2.24) is 14.8 Å². The van der Waals surface area contributed by atoms with E-state index in [-0.39, 0.29) is 11.9 Å². The second kappa shape index (κ2) is 9.20. The summed E-state index contributed by atoms with van der Waals surface area (Å²) in [7, 11) is 0. The highest BCUT2D eigenvalue weighted by Gasteiger charge is 2.18. The van der Waals surface area contributed by atoms with Crippen molar-refractivity contribution in [2.24, 2.45) is 0 Å². The summed E-state index contributed by atoms with van der Waals surface area (Å²) in [5, 5.41) is 3.15. The van der Waals surface area contributed by atoms with Crippen LogP contribution in [0.3, 0.4) is 0 Å². The molecular formula is C22H31N3O2. The molecule has 0 bridgehead atoms. The van der Waals surface area contributed by atoms with Crippen molar-refractivity contribution in [1.29, 1.82) is 0 Å². The molecule has 1 aliphatic rings. The lowest BCUT2D eigenvalue weighted by atomic mass is 10.1. The standard InChI is InChI=1S/C22H31N3O2/c1-17(15-20-7-5-4-6-8-20)23-22(26)21-16-18(2)25(19(21)3)10-9-24-11-13-27-14-12-24/h4-8,16-17H,9-15H2,1-3H3,(H,23,26). The van der Waals surface area contributed by atoms with Crippen LogP contribution in [0.2, 0.25) is 0 Å². The zero-order valence-corrected chi connectivity index (χ0v) is 16.7. The van der Waals surface area contributed by atoms with Crippen LogP contribution in [0.25, 0.3) is 0 Å². The Morgan fingerprint density at radius 1 is 1.15 bits per heavy atom. The van der Waals surface area contributed by atoms with Crippen molar-refractivity contribution in [3.63, 3.8) is 0 Å². The number of morpholine rings is 1. The number of hydrogen-bond donors (Lipinski definition) is 1. The third-order valence-electron chi connectivity index (χ3n) is 5.32. The van der Waals surface area contributed by atoms with Crippen LogP contribution in [0.1, 0.15) is 34.2 Å². The molecule has 3 rings (SSSR count). The molecule has 1 aromatic carbocycles. The highest BCUT2D eigenvalue weighted by Crippen LogP contribution is 2.16. The molecule has 1 unspecified atom stereocenters. The fourth-order valence-corrected chi connectivity index (χ4v) is 3.76. The molecule has 1 aliphatic heterocycles. The van der Waals surface area contributed by atoms with E-state index in [4.69, 9.17) is 4.74 Å². The van der Waals surface area contributed by atoms with Gasteiger partial charge in [-0.2, -0.15) is 0 Å². The van der Waals surface area contributed by atoms with Crippen molar-refractivity contribution in [2.45, 2.75) is 39.8 Å². The summed E-state index contributed by atoms with van der Waals surface area (Å²) < 4.78 is 7.67. The van der Waals surface area contributed by atoms with E-state index in [1.54, 1.807) is 0 Å². The average molecular weight is 370 g/mol. The molecule has 1 saturated heterocycles. The fourth-order valence-electron chi connectivity index (χ4n) is 3.76. The predicted octanol–water partition coefficient (Wildman–Crippen LogP) is 2.80. The van der Waals surface area contributed by atoms with Crippen LogP contribution < -0.4 is 5.32 Å². The monoisotopic (exact) mass is 369 g/mol. The number of aryl methyl sites for hydroxylation is 1. The van der Waals surface area contributed by atoms with E-state index in [1.807, 2.05) is 31.2 Å². The van der Waals surface area contributed by atoms with Gasteiger partial charge in [0.15, 0.2) is 0 Å². The van der Waals surface area contributed by atoms with E-state index in [0.717, 1.165) is 62.8 Å². The highest BCUT2D eigenvalue weighted by molar-refractivity contribution is 5.95. The SMILES string of the molecule is Cc1cc(C(=O)NC(C)Cc2ccccc2)c(C)n1CCN1CCOCC1. The molecule has 0 radical (unpaired) electrons. The molecule has 1 amide bonds. The van der Waals surface area contributed by atoms with Gasteiger partial charge in [-0.3, -0.25) is 9.69 Å².